The van der Waals surface area contributed by atoms with Gasteiger partial charge < -0.3 is 9.84 Å². The third-order valence-corrected chi connectivity index (χ3v) is 3.77. The molecule has 0 aliphatic heterocycles. The number of aromatic nitrogens is 1. The zero-order valence-electron chi connectivity index (χ0n) is 12.1. The molecule has 0 aliphatic carbocycles. The van der Waals surface area contributed by atoms with Crippen molar-refractivity contribution in [3.63, 3.8) is 0 Å². The Kier molecular flexibility index (Phi) is 5.67. The second kappa shape index (κ2) is 7.49. The number of aliphatic hydroxyl groups is 1. The molecule has 0 amide bonds. The molecule has 1 aromatic heterocycles. The standard InChI is InChI=1S/C15H19FN2O2S/c1-11-17-7-15(21-11)9-18(2)8-13(19)10-20-14-5-3-12(16)4-6-14/h3-7,13,19H,8-10H2,1-2H3/t13-/m0/s1. The van der Waals surface area contributed by atoms with Gasteiger partial charge in [-0.2, -0.15) is 0 Å². The van der Waals surface area contributed by atoms with E-state index in [1.807, 2.05) is 25.1 Å². The van der Waals surface area contributed by atoms with Gasteiger partial charge in [0.2, 0.25) is 0 Å². The molecule has 4 nitrogen and oxygen atoms in total. The Bertz CT molecular complexity index is 559. The van der Waals surface area contributed by atoms with Crippen molar-refractivity contribution in [2.75, 3.05) is 20.2 Å². The lowest BCUT2D eigenvalue weighted by Crippen LogP contribution is -2.32. The minimum absolute atomic E-state index is 0.178. The fourth-order valence-corrected chi connectivity index (χ4v) is 2.82. The van der Waals surface area contributed by atoms with Crippen molar-refractivity contribution in [3.8, 4) is 5.75 Å². The number of aliphatic hydroxyl groups excluding tert-OH is 1. The fraction of sp³-hybridized carbons (Fsp3) is 0.400. The van der Waals surface area contributed by atoms with Crippen LogP contribution in [0.1, 0.15) is 9.88 Å². The Labute approximate surface area is 127 Å². The number of hydrogen-bond acceptors (Lipinski definition) is 5. The molecule has 6 heteroatoms. The van der Waals surface area contributed by atoms with Gasteiger partial charge in [-0.15, -0.1) is 11.3 Å². The molecule has 1 heterocycles. The maximum absolute atomic E-state index is 12.8. The van der Waals surface area contributed by atoms with Gasteiger partial charge in [-0.05, 0) is 38.2 Å². The number of likely N-dealkylation sites (N-methyl/N-ethyl adjacent to an activating group) is 1. The van der Waals surface area contributed by atoms with Crippen LogP contribution in [0.15, 0.2) is 30.5 Å². The Morgan fingerprint density at radius 3 is 2.71 bits per heavy atom. The summed E-state index contributed by atoms with van der Waals surface area (Å²) < 4.78 is 18.2. The molecule has 1 aromatic carbocycles. The van der Waals surface area contributed by atoms with Gasteiger partial charge in [-0.1, -0.05) is 0 Å². The van der Waals surface area contributed by atoms with Crippen LogP contribution in [0.4, 0.5) is 4.39 Å². The zero-order chi connectivity index (χ0) is 15.2. The van der Waals surface area contributed by atoms with E-state index in [0.29, 0.717) is 12.3 Å². The van der Waals surface area contributed by atoms with Crippen molar-refractivity contribution in [1.29, 1.82) is 0 Å². The molecule has 0 radical (unpaired) electrons. The minimum Gasteiger partial charge on any atom is -0.491 e. The second-order valence-electron chi connectivity index (χ2n) is 4.96. The van der Waals surface area contributed by atoms with Gasteiger partial charge in [0.1, 0.15) is 24.3 Å². The highest BCUT2D eigenvalue weighted by Gasteiger charge is 2.11. The highest BCUT2D eigenvalue weighted by Crippen LogP contribution is 2.14. The van der Waals surface area contributed by atoms with Gasteiger partial charge in [-0.3, -0.25) is 4.90 Å². The van der Waals surface area contributed by atoms with E-state index >= 15 is 0 Å². The normalized spacial score (nSPS) is 12.6. The molecule has 2 rings (SSSR count). The summed E-state index contributed by atoms with van der Waals surface area (Å²) >= 11 is 1.65. The van der Waals surface area contributed by atoms with Gasteiger partial charge in [0.25, 0.3) is 0 Å². The van der Waals surface area contributed by atoms with Gasteiger partial charge in [0, 0.05) is 24.2 Å². The lowest BCUT2D eigenvalue weighted by molar-refractivity contribution is 0.0746. The molecule has 0 spiro atoms. The van der Waals surface area contributed by atoms with Crippen molar-refractivity contribution < 1.29 is 14.2 Å². The van der Waals surface area contributed by atoms with Crippen LogP contribution < -0.4 is 4.74 Å². The average molecular weight is 310 g/mol. The predicted molar refractivity (Wildman–Crippen MR) is 81.1 cm³/mol. The van der Waals surface area contributed by atoms with E-state index in [2.05, 4.69) is 4.98 Å². The van der Waals surface area contributed by atoms with Crippen molar-refractivity contribution in [3.05, 3.63) is 46.2 Å². The van der Waals surface area contributed by atoms with Crippen LogP contribution in [0.2, 0.25) is 0 Å². The van der Waals surface area contributed by atoms with Crippen LogP contribution in [0.25, 0.3) is 0 Å². The van der Waals surface area contributed by atoms with Crippen LogP contribution in [0.3, 0.4) is 0 Å². The smallest absolute Gasteiger partial charge is 0.123 e. The second-order valence-corrected chi connectivity index (χ2v) is 6.28. The largest absolute Gasteiger partial charge is 0.491 e. The van der Waals surface area contributed by atoms with Crippen molar-refractivity contribution >= 4 is 11.3 Å². The highest BCUT2D eigenvalue weighted by atomic mass is 32.1. The summed E-state index contributed by atoms with van der Waals surface area (Å²) in [7, 11) is 1.94. The molecule has 0 bridgehead atoms. The first-order chi connectivity index (χ1) is 10.0. The first-order valence-corrected chi connectivity index (χ1v) is 7.51. The summed E-state index contributed by atoms with van der Waals surface area (Å²) in [5.74, 6) is 0.249. The third-order valence-electron chi connectivity index (χ3n) is 2.87. The number of thiazole rings is 1. The predicted octanol–water partition coefficient (Wildman–Crippen LogP) is 2.46. The lowest BCUT2D eigenvalue weighted by Gasteiger charge is -2.20. The van der Waals surface area contributed by atoms with E-state index in [-0.39, 0.29) is 12.4 Å². The van der Waals surface area contributed by atoms with Gasteiger partial charge in [0.05, 0.1) is 5.01 Å². The topological polar surface area (TPSA) is 45.6 Å². The number of hydrogen-bond donors (Lipinski definition) is 1. The van der Waals surface area contributed by atoms with Crippen LogP contribution in [0.5, 0.6) is 5.75 Å². The highest BCUT2D eigenvalue weighted by molar-refractivity contribution is 7.11. The molecule has 0 unspecified atom stereocenters. The van der Waals surface area contributed by atoms with E-state index in [9.17, 15) is 9.50 Å². The Hall–Kier alpha value is -1.50. The molecule has 0 fully saturated rings. The fourth-order valence-electron chi connectivity index (χ4n) is 1.94. The lowest BCUT2D eigenvalue weighted by atomic mass is 10.3. The molecule has 1 N–H and O–H groups in total. The Morgan fingerprint density at radius 1 is 1.38 bits per heavy atom. The van der Waals surface area contributed by atoms with Crippen molar-refractivity contribution in [2.45, 2.75) is 19.6 Å². The molecule has 2 aromatic rings. The maximum Gasteiger partial charge on any atom is 0.123 e. The van der Waals surface area contributed by atoms with E-state index < -0.39 is 6.10 Å². The van der Waals surface area contributed by atoms with E-state index in [4.69, 9.17) is 4.74 Å². The van der Waals surface area contributed by atoms with Gasteiger partial charge >= 0.3 is 0 Å². The van der Waals surface area contributed by atoms with Gasteiger partial charge in [0.15, 0.2) is 0 Å². The molecule has 0 aliphatic rings. The molecule has 114 valence electrons. The summed E-state index contributed by atoms with van der Waals surface area (Å²) in [4.78, 5) is 7.39. The molecular formula is C15H19FN2O2S. The zero-order valence-corrected chi connectivity index (χ0v) is 12.9. The van der Waals surface area contributed by atoms with Crippen molar-refractivity contribution in [2.24, 2.45) is 0 Å². The van der Waals surface area contributed by atoms with Crippen LogP contribution in [-0.2, 0) is 6.54 Å². The summed E-state index contributed by atoms with van der Waals surface area (Å²) in [6, 6.07) is 5.76. The third kappa shape index (κ3) is 5.41. The average Bonchev–Trinajstić information content (AvgIpc) is 2.83. The van der Waals surface area contributed by atoms with Crippen LogP contribution in [0, 0.1) is 12.7 Å². The number of ether oxygens (including phenoxy) is 1. The van der Waals surface area contributed by atoms with E-state index in [1.54, 1.807) is 23.5 Å². The maximum atomic E-state index is 12.8. The summed E-state index contributed by atoms with van der Waals surface area (Å²) in [6.45, 7) is 3.40. The SMILES string of the molecule is Cc1ncc(CN(C)C[C@H](O)COc2ccc(F)cc2)s1. The molecule has 21 heavy (non-hydrogen) atoms. The number of nitrogens with zero attached hydrogens (tertiary/aromatic N) is 2. The number of aryl methyl sites for hydroxylation is 1. The van der Waals surface area contributed by atoms with E-state index in [0.717, 1.165) is 11.6 Å². The van der Waals surface area contributed by atoms with Crippen LogP contribution in [-0.4, -0.2) is 41.3 Å². The van der Waals surface area contributed by atoms with Gasteiger partial charge in [-0.25, -0.2) is 9.37 Å². The number of halogens is 1. The first-order valence-electron chi connectivity index (χ1n) is 6.69. The summed E-state index contributed by atoms with van der Waals surface area (Å²) in [5, 5.41) is 11.0. The first kappa shape index (κ1) is 15.9. The summed E-state index contributed by atoms with van der Waals surface area (Å²) in [5.41, 5.74) is 0. The number of rotatable bonds is 7. The number of benzene rings is 1. The van der Waals surface area contributed by atoms with Crippen LogP contribution >= 0.6 is 11.3 Å². The molecular weight excluding hydrogens is 291 g/mol. The minimum atomic E-state index is -0.603. The quantitative estimate of drug-likeness (QED) is 0.853. The molecule has 0 saturated carbocycles. The molecule has 0 saturated heterocycles. The Morgan fingerprint density at radius 2 is 2.10 bits per heavy atom. The van der Waals surface area contributed by atoms with E-state index in [1.165, 1.54) is 17.0 Å². The Balaban J connectivity index is 1.73. The monoisotopic (exact) mass is 310 g/mol. The summed E-state index contributed by atoms with van der Waals surface area (Å²) in [6.07, 6.45) is 1.26. The molecule has 1 atom stereocenters. The van der Waals surface area contributed by atoms with Crippen molar-refractivity contribution in [1.82, 2.24) is 9.88 Å².